The fourth-order valence-electron chi connectivity index (χ4n) is 3.69. The first-order chi connectivity index (χ1) is 16.6. The van der Waals surface area contributed by atoms with Crippen molar-refractivity contribution in [2.75, 3.05) is 16.0 Å². The number of aryl methyl sites for hydroxylation is 1. The van der Waals surface area contributed by atoms with Crippen molar-refractivity contribution in [2.24, 2.45) is 7.05 Å². The Bertz CT molecular complexity index is 1450. The molecular formula is C28H24ClN5O. The smallest absolute Gasteiger partial charge is 0.255 e. The van der Waals surface area contributed by atoms with Gasteiger partial charge in [0.1, 0.15) is 7.05 Å². The first-order valence-corrected chi connectivity index (χ1v) is 11.0. The molecule has 2 aromatic heterocycles. The SMILES string of the molecule is C[n+]1ccc(Nc2cccc(NC(=O)c3ccc(Nc4ccnc5ccccc45)cc3)c2)cc1.[Cl-]. The van der Waals surface area contributed by atoms with Crippen LogP contribution < -0.4 is 32.9 Å². The Hall–Kier alpha value is -4.42. The van der Waals surface area contributed by atoms with Crippen LogP contribution in [0.1, 0.15) is 10.4 Å². The highest BCUT2D eigenvalue weighted by atomic mass is 35.5. The first-order valence-electron chi connectivity index (χ1n) is 11.0. The minimum atomic E-state index is -0.162. The monoisotopic (exact) mass is 481 g/mol. The second-order valence-corrected chi connectivity index (χ2v) is 7.99. The van der Waals surface area contributed by atoms with E-state index in [1.807, 2.05) is 115 Å². The van der Waals surface area contributed by atoms with Gasteiger partial charge in [0.2, 0.25) is 0 Å². The molecule has 0 atom stereocenters. The summed E-state index contributed by atoms with van der Waals surface area (Å²) in [5.41, 5.74) is 5.99. The Balaban J connectivity index is 0.00000289. The zero-order valence-electron chi connectivity index (χ0n) is 19.1. The lowest BCUT2D eigenvalue weighted by Gasteiger charge is -2.11. The quantitative estimate of drug-likeness (QED) is 0.326. The molecule has 0 saturated heterocycles. The predicted octanol–water partition coefficient (Wildman–Crippen LogP) is 2.80. The third-order valence-electron chi connectivity index (χ3n) is 5.46. The van der Waals surface area contributed by atoms with Gasteiger partial charge < -0.3 is 28.4 Å². The summed E-state index contributed by atoms with van der Waals surface area (Å²) in [6.07, 6.45) is 5.74. The van der Waals surface area contributed by atoms with Gasteiger partial charge in [0.15, 0.2) is 12.4 Å². The maximum absolute atomic E-state index is 12.8. The molecule has 35 heavy (non-hydrogen) atoms. The number of hydrogen-bond acceptors (Lipinski definition) is 4. The summed E-state index contributed by atoms with van der Waals surface area (Å²) in [6, 6.07) is 29.0. The van der Waals surface area contributed by atoms with E-state index in [0.29, 0.717) is 5.56 Å². The molecule has 3 N–H and O–H groups in total. The van der Waals surface area contributed by atoms with E-state index >= 15 is 0 Å². The Kier molecular flexibility index (Phi) is 7.24. The van der Waals surface area contributed by atoms with E-state index in [1.54, 1.807) is 6.20 Å². The number of amides is 1. The molecule has 0 unspecified atom stereocenters. The van der Waals surface area contributed by atoms with E-state index in [9.17, 15) is 4.79 Å². The molecule has 7 heteroatoms. The Labute approximate surface area is 210 Å². The van der Waals surface area contributed by atoms with Gasteiger partial charge in [-0.1, -0.05) is 24.3 Å². The van der Waals surface area contributed by atoms with Crippen LogP contribution >= 0.6 is 0 Å². The van der Waals surface area contributed by atoms with Gasteiger partial charge in [0.05, 0.1) is 11.2 Å². The average Bonchev–Trinajstić information content (AvgIpc) is 2.86. The second-order valence-electron chi connectivity index (χ2n) is 7.99. The molecule has 2 heterocycles. The van der Waals surface area contributed by atoms with Gasteiger partial charge in [-0.25, -0.2) is 4.57 Å². The van der Waals surface area contributed by atoms with E-state index in [2.05, 4.69) is 20.9 Å². The van der Waals surface area contributed by atoms with Gasteiger partial charge >= 0.3 is 0 Å². The molecule has 1 amide bonds. The Morgan fingerprint density at radius 2 is 1.46 bits per heavy atom. The number of aromatic nitrogens is 2. The number of para-hydroxylation sites is 1. The number of carbonyl (C=O) groups excluding carboxylic acids is 1. The van der Waals surface area contributed by atoms with Crippen molar-refractivity contribution >= 4 is 45.2 Å². The van der Waals surface area contributed by atoms with Crippen molar-refractivity contribution in [2.45, 2.75) is 0 Å². The number of halogens is 1. The molecule has 5 aromatic rings. The third-order valence-corrected chi connectivity index (χ3v) is 5.46. The summed E-state index contributed by atoms with van der Waals surface area (Å²) in [7, 11) is 1.98. The van der Waals surface area contributed by atoms with Gasteiger partial charge in [0.25, 0.3) is 5.91 Å². The van der Waals surface area contributed by atoms with Crippen LogP contribution in [0.15, 0.2) is 110 Å². The van der Waals surface area contributed by atoms with Crippen molar-refractivity contribution in [1.29, 1.82) is 0 Å². The van der Waals surface area contributed by atoms with Gasteiger partial charge in [-0.05, 0) is 54.6 Å². The molecule has 6 nitrogen and oxygen atoms in total. The van der Waals surface area contributed by atoms with Crippen LogP contribution in [0.2, 0.25) is 0 Å². The highest BCUT2D eigenvalue weighted by Crippen LogP contribution is 2.25. The zero-order valence-corrected chi connectivity index (χ0v) is 19.8. The molecule has 0 aliphatic carbocycles. The topological polar surface area (TPSA) is 69.9 Å². The average molecular weight is 482 g/mol. The van der Waals surface area contributed by atoms with Crippen molar-refractivity contribution in [3.8, 4) is 0 Å². The molecule has 0 aliphatic rings. The lowest BCUT2D eigenvalue weighted by Crippen LogP contribution is -3.00. The maximum atomic E-state index is 12.8. The van der Waals surface area contributed by atoms with Crippen molar-refractivity contribution in [3.63, 3.8) is 0 Å². The molecular weight excluding hydrogens is 458 g/mol. The lowest BCUT2D eigenvalue weighted by molar-refractivity contribution is -0.671. The Morgan fingerprint density at radius 1 is 0.743 bits per heavy atom. The minimum Gasteiger partial charge on any atom is -1.00 e. The highest BCUT2D eigenvalue weighted by molar-refractivity contribution is 6.04. The van der Waals surface area contributed by atoms with Crippen LogP contribution in [-0.2, 0) is 7.05 Å². The number of anilines is 5. The van der Waals surface area contributed by atoms with Gasteiger partial charge in [-0.15, -0.1) is 0 Å². The van der Waals surface area contributed by atoms with Crippen LogP contribution in [0, 0.1) is 0 Å². The number of benzene rings is 3. The molecule has 3 aromatic carbocycles. The minimum absolute atomic E-state index is 0. The summed E-state index contributed by atoms with van der Waals surface area (Å²) in [4.78, 5) is 17.2. The first kappa shape index (κ1) is 23.7. The van der Waals surface area contributed by atoms with Crippen LogP contribution in [0.3, 0.4) is 0 Å². The normalized spacial score (nSPS) is 10.3. The van der Waals surface area contributed by atoms with E-state index in [4.69, 9.17) is 0 Å². The molecule has 0 saturated carbocycles. The van der Waals surface area contributed by atoms with Crippen molar-refractivity contribution < 1.29 is 21.8 Å². The maximum Gasteiger partial charge on any atom is 0.255 e. The second kappa shape index (κ2) is 10.7. The van der Waals surface area contributed by atoms with Crippen LogP contribution in [0.4, 0.5) is 28.4 Å². The predicted molar refractivity (Wildman–Crippen MR) is 137 cm³/mol. The summed E-state index contributed by atoms with van der Waals surface area (Å²) in [6.45, 7) is 0. The molecule has 5 rings (SSSR count). The number of rotatable bonds is 6. The number of nitrogens with one attached hydrogen (secondary N) is 3. The Morgan fingerprint density at radius 3 is 2.26 bits per heavy atom. The standard InChI is InChI=1S/C28H23N5O.ClH/c1-33-17-14-22(15-18-33)30-23-5-4-6-24(19-23)32-28(34)20-9-11-21(12-10-20)31-27-13-16-29-26-8-3-2-7-25(26)27;/h2-19H,1H3,(H2,29,31,32,34);1H. The fraction of sp³-hybridized carbons (Fsp3) is 0.0357. The molecule has 0 aliphatic heterocycles. The van der Waals surface area contributed by atoms with Gasteiger partial charge in [-0.2, -0.15) is 0 Å². The highest BCUT2D eigenvalue weighted by Gasteiger charge is 2.08. The molecule has 0 radical (unpaired) electrons. The van der Waals surface area contributed by atoms with E-state index < -0.39 is 0 Å². The van der Waals surface area contributed by atoms with Crippen molar-refractivity contribution in [3.05, 3.63) is 115 Å². The summed E-state index contributed by atoms with van der Waals surface area (Å²) in [5, 5.41) is 10.8. The third kappa shape index (κ3) is 5.75. The van der Waals surface area contributed by atoms with Crippen molar-refractivity contribution in [1.82, 2.24) is 4.98 Å². The summed E-state index contributed by atoms with van der Waals surface area (Å²) >= 11 is 0. The number of pyridine rings is 2. The summed E-state index contributed by atoms with van der Waals surface area (Å²) < 4.78 is 1.97. The van der Waals surface area contributed by atoms with Gasteiger partial charge in [-0.3, -0.25) is 9.78 Å². The van der Waals surface area contributed by atoms with E-state index in [0.717, 1.165) is 39.3 Å². The number of carbonyl (C=O) groups is 1. The lowest BCUT2D eigenvalue weighted by atomic mass is 10.1. The fourth-order valence-corrected chi connectivity index (χ4v) is 3.69. The molecule has 174 valence electrons. The summed E-state index contributed by atoms with van der Waals surface area (Å²) in [5.74, 6) is -0.162. The van der Waals surface area contributed by atoms with Gasteiger partial charge in [0, 0.05) is 52.0 Å². The molecule has 0 bridgehead atoms. The molecule has 0 fully saturated rings. The van der Waals surface area contributed by atoms with E-state index in [1.165, 1.54) is 0 Å². The van der Waals surface area contributed by atoms with Crippen LogP contribution in [0.25, 0.3) is 10.9 Å². The largest absolute Gasteiger partial charge is 1.00 e. The number of nitrogens with zero attached hydrogens (tertiary/aromatic N) is 2. The van der Waals surface area contributed by atoms with Crippen LogP contribution in [-0.4, -0.2) is 10.9 Å². The number of hydrogen-bond donors (Lipinski definition) is 3. The van der Waals surface area contributed by atoms with Crippen LogP contribution in [0.5, 0.6) is 0 Å². The van der Waals surface area contributed by atoms with E-state index in [-0.39, 0.29) is 18.3 Å². The zero-order chi connectivity index (χ0) is 23.3. The molecule has 0 spiro atoms. The number of fused-ring (bicyclic) bond motifs is 1.